The van der Waals surface area contributed by atoms with Crippen LogP contribution in [0.25, 0.3) is 0 Å². The zero-order chi connectivity index (χ0) is 29.0. The fourth-order valence-electron chi connectivity index (χ4n) is 5.59. The number of rotatable bonds is 9. The molecule has 0 aliphatic carbocycles. The van der Waals surface area contributed by atoms with E-state index in [0.717, 1.165) is 40.2 Å². The summed E-state index contributed by atoms with van der Waals surface area (Å²) in [5.41, 5.74) is 2.99. The van der Waals surface area contributed by atoms with Crippen molar-refractivity contribution in [1.29, 1.82) is 0 Å². The molecule has 0 N–H and O–H groups in total. The van der Waals surface area contributed by atoms with Crippen molar-refractivity contribution >= 4 is 0 Å². The third-order valence-corrected chi connectivity index (χ3v) is 7.68. The van der Waals surface area contributed by atoms with Gasteiger partial charge in [-0.2, -0.15) is 0 Å². The number of fused-ring (bicyclic) bond motifs is 1. The van der Waals surface area contributed by atoms with Gasteiger partial charge in [-0.1, -0.05) is 91.0 Å². The zero-order valence-corrected chi connectivity index (χ0v) is 24.1. The zero-order valence-electron chi connectivity index (χ0n) is 24.1. The van der Waals surface area contributed by atoms with Crippen LogP contribution >= 0.6 is 0 Å². The third kappa shape index (κ3) is 5.31. The second kappa shape index (κ2) is 11.6. The van der Waals surface area contributed by atoms with Crippen molar-refractivity contribution in [3.8, 4) is 28.7 Å². The summed E-state index contributed by atoms with van der Waals surface area (Å²) in [6, 6.07) is 42.4. The Kier molecular flexibility index (Phi) is 7.60. The van der Waals surface area contributed by atoms with Crippen molar-refractivity contribution in [2.24, 2.45) is 0 Å². The molecular formula is C37H34O5. The quantitative estimate of drug-likeness (QED) is 0.181. The van der Waals surface area contributed by atoms with Crippen LogP contribution < -0.4 is 18.9 Å². The van der Waals surface area contributed by atoms with Crippen LogP contribution in [0.3, 0.4) is 0 Å². The van der Waals surface area contributed by atoms with Crippen molar-refractivity contribution in [2.45, 2.75) is 31.2 Å². The molecule has 0 saturated heterocycles. The van der Waals surface area contributed by atoms with Crippen LogP contribution in [0.5, 0.6) is 28.7 Å². The van der Waals surface area contributed by atoms with E-state index < -0.39 is 11.4 Å². The maximum Gasteiger partial charge on any atom is 0.209 e. The van der Waals surface area contributed by atoms with Crippen molar-refractivity contribution in [3.63, 3.8) is 0 Å². The number of methoxy groups -OCH3 is 2. The lowest BCUT2D eigenvalue weighted by Crippen LogP contribution is -2.50. The highest BCUT2D eigenvalue weighted by atomic mass is 16.7. The minimum absolute atomic E-state index is 0.595. The fourth-order valence-corrected chi connectivity index (χ4v) is 5.59. The Labute approximate surface area is 247 Å². The van der Waals surface area contributed by atoms with Crippen LogP contribution in [0.1, 0.15) is 35.6 Å². The monoisotopic (exact) mass is 558 g/mol. The third-order valence-electron chi connectivity index (χ3n) is 7.68. The van der Waals surface area contributed by atoms with Gasteiger partial charge in [0.25, 0.3) is 0 Å². The first kappa shape index (κ1) is 27.4. The van der Waals surface area contributed by atoms with E-state index in [9.17, 15) is 0 Å². The van der Waals surface area contributed by atoms with Gasteiger partial charge in [0.2, 0.25) is 5.79 Å². The van der Waals surface area contributed by atoms with Crippen LogP contribution in [0.15, 0.2) is 127 Å². The van der Waals surface area contributed by atoms with Gasteiger partial charge in [0.15, 0.2) is 17.1 Å². The Morgan fingerprint density at radius 1 is 0.619 bits per heavy atom. The average Bonchev–Trinajstić information content (AvgIpc) is 3.05. The smallest absolute Gasteiger partial charge is 0.209 e. The van der Waals surface area contributed by atoms with Crippen LogP contribution in [0.2, 0.25) is 0 Å². The lowest BCUT2D eigenvalue weighted by Gasteiger charge is -2.48. The molecule has 0 radical (unpaired) electrons. The number of hydrogen-bond donors (Lipinski definition) is 0. The van der Waals surface area contributed by atoms with Gasteiger partial charge in [-0.3, -0.25) is 0 Å². The molecule has 0 aromatic heterocycles. The Morgan fingerprint density at radius 2 is 1.19 bits per heavy atom. The lowest BCUT2D eigenvalue weighted by molar-refractivity contribution is -0.240. The van der Waals surface area contributed by atoms with Crippen LogP contribution in [-0.4, -0.2) is 20.0 Å². The van der Waals surface area contributed by atoms with Gasteiger partial charge in [0.1, 0.15) is 17.2 Å². The first-order chi connectivity index (χ1) is 20.5. The first-order valence-corrected chi connectivity index (χ1v) is 14.1. The highest BCUT2D eigenvalue weighted by Gasteiger charge is 2.51. The standard InChI is InChI=1S/C37H34O5/c1-36(24-23-27-19-21-31(22-20-27)40-30-17-11-6-12-18-30)41-35-33(25-32(38-2)26-34(35)39-3)37(42-36,28-13-7-4-8-14-28)29-15-9-5-10-16-29/h4-22,25-26H,23-24H2,1-3H3. The molecule has 0 fully saturated rings. The molecule has 5 heteroatoms. The van der Waals surface area contributed by atoms with Gasteiger partial charge in [0, 0.05) is 25.0 Å². The number of para-hydroxylation sites is 1. The summed E-state index contributed by atoms with van der Waals surface area (Å²) in [5, 5.41) is 0. The second-order valence-electron chi connectivity index (χ2n) is 10.5. The minimum Gasteiger partial charge on any atom is -0.497 e. The maximum atomic E-state index is 7.23. The van der Waals surface area contributed by atoms with E-state index in [0.29, 0.717) is 23.7 Å². The Morgan fingerprint density at radius 3 is 1.76 bits per heavy atom. The summed E-state index contributed by atoms with van der Waals surface area (Å²) in [6.07, 6.45) is 1.33. The summed E-state index contributed by atoms with van der Waals surface area (Å²) in [7, 11) is 3.30. The summed E-state index contributed by atoms with van der Waals surface area (Å²) in [5.74, 6) is 2.52. The van der Waals surface area contributed by atoms with Crippen molar-refractivity contribution in [2.75, 3.05) is 14.2 Å². The molecule has 1 aliphatic heterocycles. The molecule has 0 amide bonds. The van der Waals surface area contributed by atoms with Crippen molar-refractivity contribution in [3.05, 3.63) is 150 Å². The highest BCUT2D eigenvalue weighted by molar-refractivity contribution is 5.61. The average molecular weight is 559 g/mol. The summed E-state index contributed by atoms with van der Waals surface area (Å²) >= 11 is 0. The molecule has 5 aromatic rings. The molecule has 42 heavy (non-hydrogen) atoms. The van der Waals surface area contributed by atoms with Gasteiger partial charge in [0.05, 0.1) is 14.2 Å². The van der Waals surface area contributed by atoms with Gasteiger partial charge < -0.3 is 23.7 Å². The molecule has 1 aliphatic rings. The Hall–Kier alpha value is -4.74. The maximum absolute atomic E-state index is 7.23. The number of ether oxygens (including phenoxy) is 5. The van der Waals surface area contributed by atoms with E-state index in [1.54, 1.807) is 14.2 Å². The molecule has 212 valence electrons. The minimum atomic E-state index is -0.986. The molecule has 1 atom stereocenters. The SMILES string of the molecule is COc1cc(OC)c2c(c1)C(c1ccccc1)(c1ccccc1)OC(C)(CCc1ccc(Oc3ccccc3)cc1)O2. The van der Waals surface area contributed by atoms with Crippen LogP contribution in [0.4, 0.5) is 0 Å². The van der Waals surface area contributed by atoms with E-state index >= 15 is 0 Å². The number of hydrogen-bond acceptors (Lipinski definition) is 5. The van der Waals surface area contributed by atoms with Gasteiger partial charge >= 0.3 is 0 Å². The van der Waals surface area contributed by atoms with Crippen LogP contribution in [-0.2, 0) is 16.8 Å². The molecular weight excluding hydrogens is 524 g/mol. The largest absolute Gasteiger partial charge is 0.497 e. The Bertz CT molecular complexity index is 1580. The normalized spacial score (nSPS) is 17.0. The molecule has 0 saturated carbocycles. The van der Waals surface area contributed by atoms with E-state index in [1.807, 2.05) is 97.9 Å². The topological polar surface area (TPSA) is 46.2 Å². The number of benzene rings is 5. The Balaban J connectivity index is 1.39. The summed E-state index contributed by atoms with van der Waals surface area (Å²) < 4.78 is 31.5. The van der Waals surface area contributed by atoms with E-state index in [-0.39, 0.29) is 0 Å². The molecule has 1 unspecified atom stereocenters. The molecule has 5 aromatic carbocycles. The van der Waals surface area contributed by atoms with E-state index in [2.05, 4.69) is 36.4 Å². The van der Waals surface area contributed by atoms with Crippen molar-refractivity contribution < 1.29 is 23.7 Å². The molecule has 1 heterocycles. The lowest BCUT2D eigenvalue weighted by atomic mass is 9.78. The van der Waals surface area contributed by atoms with Crippen LogP contribution in [0, 0.1) is 0 Å². The summed E-state index contributed by atoms with van der Waals surface area (Å²) in [6.45, 7) is 2.01. The predicted molar refractivity (Wildman–Crippen MR) is 164 cm³/mol. The van der Waals surface area contributed by atoms with E-state index in [4.69, 9.17) is 23.7 Å². The summed E-state index contributed by atoms with van der Waals surface area (Å²) in [4.78, 5) is 0. The van der Waals surface area contributed by atoms with Gasteiger partial charge in [-0.15, -0.1) is 0 Å². The van der Waals surface area contributed by atoms with Gasteiger partial charge in [-0.05, 0) is 53.4 Å². The molecule has 5 nitrogen and oxygen atoms in total. The number of aryl methyl sites for hydroxylation is 1. The second-order valence-corrected chi connectivity index (χ2v) is 10.5. The molecule has 0 spiro atoms. The molecule has 0 bridgehead atoms. The highest BCUT2D eigenvalue weighted by Crippen LogP contribution is 2.55. The molecule has 6 rings (SSSR count). The predicted octanol–water partition coefficient (Wildman–Crippen LogP) is 8.55. The van der Waals surface area contributed by atoms with E-state index in [1.165, 1.54) is 0 Å². The first-order valence-electron chi connectivity index (χ1n) is 14.1. The van der Waals surface area contributed by atoms with Crippen molar-refractivity contribution in [1.82, 2.24) is 0 Å². The van der Waals surface area contributed by atoms with Gasteiger partial charge in [-0.25, -0.2) is 0 Å². The fraction of sp³-hybridized carbons (Fsp3) is 0.189.